The molecular formula is C12H10F3N3O. The summed E-state index contributed by atoms with van der Waals surface area (Å²) in [5.74, 6) is 0. The summed E-state index contributed by atoms with van der Waals surface area (Å²) in [5, 5.41) is 3.80. The van der Waals surface area contributed by atoms with E-state index >= 15 is 0 Å². The molecule has 2 aromatic rings. The molecule has 0 amide bonds. The van der Waals surface area contributed by atoms with Gasteiger partial charge in [-0.15, -0.1) is 0 Å². The predicted octanol–water partition coefficient (Wildman–Crippen LogP) is 2.05. The molecule has 0 atom stereocenters. The molecule has 2 N–H and O–H groups in total. The van der Waals surface area contributed by atoms with Gasteiger partial charge in [0.1, 0.15) is 5.69 Å². The Kier molecular flexibility index (Phi) is 3.05. The third-order valence-corrected chi connectivity index (χ3v) is 2.61. The molecule has 1 heterocycles. The van der Waals surface area contributed by atoms with Gasteiger partial charge in [-0.25, -0.2) is 4.68 Å². The molecule has 0 radical (unpaired) electrons. The summed E-state index contributed by atoms with van der Waals surface area (Å²) in [5.41, 5.74) is 3.98. The lowest BCUT2D eigenvalue weighted by Gasteiger charge is -2.13. The van der Waals surface area contributed by atoms with Crippen LogP contribution in [-0.2, 0) is 13.2 Å². The molecular weight excluding hydrogens is 259 g/mol. The maximum Gasteiger partial charge on any atom is 0.417 e. The number of aryl methyl sites for hydroxylation is 1. The normalized spacial score (nSPS) is 11.6. The van der Waals surface area contributed by atoms with Gasteiger partial charge in [0.25, 0.3) is 5.56 Å². The van der Waals surface area contributed by atoms with Gasteiger partial charge >= 0.3 is 6.18 Å². The molecule has 19 heavy (non-hydrogen) atoms. The molecule has 0 aliphatic rings. The SMILES string of the molecule is Cn1nc(-c2ccccc2C(F)(F)F)c(N)cc1=O. The van der Waals surface area contributed by atoms with E-state index in [1.54, 1.807) is 0 Å². The van der Waals surface area contributed by atoms with Crippen molar-refractivity contribution in [1.82, 2.24) is 9.78 Å². The number of hydrogen-bond acceptors (Lipinski definition) is 3. The van der Waals surface area contributed by atoms with Crippen molar-refractivity contribution in [3.8, 4) is 11.3 Å². The Hall–Kier alpha value is -2.31. The molecule has 0 spiro atoms. The van der Waals surface area contributed by atoms with E-state index in [1.807, 2.05) is 0 Å². The van der Waals surface area contributed by atoms with Crippen molar-refractivity contribution >= 4 is 5.69 Å². The Morgan fingerprint density at radius 1 is 1.26 bits per heavy atom. The number of nitrogens with zero attached hydrogens (tertiary/aromatic N) is 2. The van der Waals surface area contributed by atoms with Crippen LogP contribution in [0.2, 0.25) is 0 Å². The van der Waals surface area contributed by atoms with Crippen molar-refractivity contribution < 1.29 is 13.2 Å². The van der Waals surface area contributed by atoms with Crippen molar-refractivity contribution in [3.63, 3.8) is 0 Å². The van der Waals surface area contributed by atoms with E-state index in [2.05, 4.69) is 5.10 Å². The van der Waals surface area contributed by atoms with E-state index in [9.17, 15) is 18.0 Å². The maximum absolute atomic E-state index is 12.9. The average molecular weight is 269 g/mol. The minimum Gasteiger partial charge on any atom is -0.397 e. The molecule has 7 heteroatoms. The fourth-order valence-electron chi connectivity index (χ4n) is 1.70. The predicted molar refractivity (Wildman–Crippen MR) is 64.3 cm³/mol. The highest BCUT2D eigenvalue weighted by Crippen LogP contribution is 2.37. The molecule has 0 bridgehead atoms. The van der Waals surface area contributed by atoms with Gasteiger partial charge in [-0.2, -0.15) is 18.3 Å². The molecule has 0 saturated carbocycles. The Morgan fingerprint density at radius 2 is 1.89 bits per heavy atom. The largest absolute Gasteiger partial charge is 0.417 e. The summed E-state index contributed by atoms with van der Waals surface area (Å²) in [6.07, 6.45) is -4.51. The fraction of sp³-hybridized carbons (Fsp3) is 0.167. The Labute approximate surface area is 106 Å². The quantitative estimate of drug-likeness (QED) is 0.861. The fourth-order valence-corrected chi connectivity index (χ4v) is 1.70. The lowest BCUT2D eigenvalue weighted by Crippen LogP contribution is -2.21. The molecule has 2 rings (SSSR count). The molecule has 0 unspecified atom stereocenters. The number of benzene rings is 1. The first kappa shape index (κ1) is 13.1. The van der Waals surface area contributed by atoms with Crippen LogP contribution < -0.4 is 11.3 Å². The molecule has 100 valence electrons. The molecule has 4 nitrogen and oxygen atoms in total. The zero-order chi connectivity index (χ0) is 14.2. The van der Waals surface area contributed by atoms with Gasteiger partial charge in [0, 0.05) is 18.7 Å². The zero-order valence-electron chi connectivity index (χ0n) is 9.90. The van der Waals surface area contributed by atoms with Crippen LogP contribution in [0.15, 0.2) is 35.1 Å². The second kappa shape index (κ2) is 4.42. The molecule has 1 aromatic carbocycles. The van der Waals surface area contributed by atoms with Crippen molar-refractivity contribution in [2.45, 2.75) is 6.18 Å². The van der Waals surface area contributed by atoms with Crippen LogP contribution in [-0.4, -0.2) is 9.78 Å². The number of halogens is 3. The first-order valence-corrected chi connectivity index (χ1v) is 5.31. The van der Waals surface area contributed by atoms with E-state index in [1.165, 1.54) is 25.2 Å². The van der Waals surface area contributed by atoms with Crippen LogP contribution in [0.5, 0.6) is 0 Å². The highest BCUT2D eigenvalue weighted by atomic mass is 19.4. The van der Waals surface area contributed by atoms with Crippen molar-refractivity contribution in [1.29, 1.82) is 0 Å². The van der Waals surface area contributed by atoms with Crippen molar-refractivity contribution in [3.05, 3.63) is 46.2 Å². The van der Waals surface area contributed by atoms with Crippen LogP contribution in [0, 0.1) is 0 Å². The summed E-state index contributed by atoms with van der Waals surface area (Å²) in [4.78, 5) is 11.3. The minimum atomic E-state index is -4.51. The third kappa shape index (κ3) is 2.44. The van der Waals surface area contributed by atoms with Gasteiger partial charge in [0.2, 0.25) is 0 Å². The number of nitrogen functional groups attached to an aromatic ring is 1. The number of alkyl halides is 3. The molecule has 0 aliphatic carbocycles. The molecule has 1 aromatic heterocycles. The summed E-state index contributed by atoms with van der Waals surface area (Å²) < 4.78 is 39.7. The number of hydrogen-bond donors (Lipinski definition) is 1. The van der Waals surface area contributed by atoms with E-state index < -0.39 is 17.3 Å². The lowest BCUT2D eigenvalue weighted by atomic mass is 10.0. The molecule has 0 saturated heterocycles. The van der Waals surface area contributed by atoms with E-state index in [0.29, 0.717) is 0 Å². The van der Waals surface area contributed by atoms with Crippen LogP contribution in [0.3, 0.4) is 0 Å². The van der Waals surface area contributed by atoms with Gasteiger partial charge in [0.15, 0.2) is 0 Å². The standard InChI is InChI=1S/C12H10F3N3O/c1-18-10(19)6-9(16)11(17-18)7-4-2-3-5-8(7)12(13,14)15/h2-6H,16H2,1H3. The van der Waals surface area contributed by atoms with Gasteiger partial charge in [-0.3, -0.25) is 4.79 Å². The van der Waals surface area contributed by atoms with Crippen LogP contribution in [0.4, 0.5) is 18.9 Å². The monoisotopic (exact) mass is 269 g/mol. The van der Waals surface area contributed by atoms with E-state index in [0.717, 1.165) is 16.8 Å². The molecule has 0 aliphatic heterocycles. The Balaban J connectivity index is 2.73. The number of aromatic nitrogens is 2. The topological polar surface area (TPSA) is 60.9 Å². The van der Waals surface area contributed by atoms with Crippen molar-refractivity contribution in [2.24, 2.45) is 7.05 Å². The second-order valence-corrected chi connectivity index (χ2v) is 3.95. The van der Waals surface area contributed by atoms with Crippen LogP contribution in [0.1, 0.15) is 5.56 Å². The summed E-state index contributed by atoms with van der Waals surface area (Å²) in [7, 11) is 1.35. The van der Waals surface area contributed by atoms with Crippen LogP contribution >= 0.6 is 0 Å². The highest BCUT2D eigenvalue weighted by molar-refractivity contribution is 5.74. The van der Waals surface area contributed by atoms with Gasteiger partial charge in [-0.05, 0) is 6.07 Å². The Morgan fingerprint density at radius 3 is 2.53 bits per heavy atom. The number of nitrogens with two attached hydrogens (primary N) is 1. The Bertz CT molecular complexity index is 677. The zero-order valence-corrected chi connectivity index (χ0v) is 9.90. The molecule has 0 fully saturated rings. The number of rotatable bonds is 1. The van der Waals surface area contributed by atoms with Crippen LogP contribution in [0.25, 0.3) is 11.3 Å². The van der Waals surface area contributed by atoms with Crippen molar-refractivity contribution in [2.75, 3.05) is 5.73 Å². The van der Waals surface area contributed by atoms with E-state index in [4.69, 9.17) is 5.73 Å². The number of anilines is 1. The second-order valence-electron chi connectivity index (χ2n) is 3.95. The minimum absolute atomic E-state index is 0.0602. The first-order valence-electron chi connectivity index (χ1n) is 5.31. The van der Waals surface area contributed by atoms with Gasteiger partial charge in [-0.1, -0.05) is 18.2 Å². The smallest absolute Gasteiger partial charge is 0.397 e. The van der Waals surface area contributed by atoms with Gasteiger partial charge < -0.3 is 5.73 Å². The lowest BCUT2D eigenvalue weighted by molar-refractivity contribution is -0.137. The highest BCUT2D eigenvalue weighted by Gasteiger charge is 2.34. The van der Waals surface area contributed by atoms with Gasteiger partial charge in [0.05, 0.1) is 11.3 Å². The average Bonchev–Trinajstić information content (AvgIpc) is 2.33. The van der Waals surface area contributed by atoms with E-state index in [-0.39, 0.29) is 16.9 Å². The summed E-state index contributed by atoms with van der Waals surface area (Å²) in [6.45, 7) is 0. The maximum atomic E-state index is 12.9. The first-order chi connectivity index (χ1) is 8.80. The summed E-state index contributed by atoms with van der Waals surface area (Å²) in [6, 6.07) is 6.00. The summed E-state index contributed by atoms with van der Waals surface area (Å²) >= 11 is 0. The third-order valence-electron chi connectivity index (χ3n) is 2.61.